The van der Waals surface area contributed by atoms with Gasteiger partial charge < -0.3 is 29.9 Å². The van der Waals surface area contributed by atoms with Crippen LogP contribution >= 0.6 is 22.6 Å². The van der Waals surface area contributed by atoms with Crippen molar-refractivity contribution in [2.75, 3.05) is 26.8 Å². The van der Waals surface area contributed by atoms with Crippen molar-refractivity contribution >= 4 is 34.4 Å². The van der Waals surface area contributed by atoms with E-state index in [9.17, 15) is 14.7 Å². The normalized spacial score (nSPS) is 19.2. The molecule has 0 fully saturated rings. The highest BCUT2D eigenvalue weighted by atomic mass is 127. The largest absolute Gasteiger partial charge is 0.496 e. The van der Waals surface area contributed by atoms with Crippen molar-refractivity contribution in [3.63, 3.8) is 0 Å². The van der Waals surface area contributed by atoms with Gasteiger partial charge in [-0.15, -0.1) is 0 Å². The van der Waals surface area contributed by atoms with Crippen LogP contribution in [0.3, 0.4) is 0 Å². The first kappa shape index (κ1) is 27.9. The van der Waals surface area contributed by atoms with E-state index in [0.29, 0.717) is 24.3 Å². The fraction of sp³-hybridized carbons (Fsp3) is 0.407. The number of aliphatic hydroxyl groups excluding tert-OH is 2. The SMILES string of the molecule is CCC(=O)N(CCc1ccccc1OC)[C@@H]1CC(C(=O)NCCO)=C[C@H](Oc2ccccc2I)[C@H]1O. The number of nitrogens with zero attached hydrogens (tertiary/aromatic N) is 1. The summed E-state index contributed by atoms with van der Waals surface area (Å²) in [5, 5.41) is 23.2. The van der Waals surface area contributed by atoms with E-state index in [4.69, 9.17) is 14.6 Å². The molecule has 2 aromatic carbocycles. The van der Waals surface area contributed by atoms with Crippen LogP contribution in [0.4, 0.5) is 0 Å². The summed E-state index contributed by atoms with van der Waals surface area (Å²) in [5.41, 5.74) is 1.35. The molecule has 1 aliphatic carbocycles. The molecule has 0 radical (unpaired) electrons. The zero-order chi connectivity index (χ0) is 26.1. The second-order valence-electron chi connectivity index (χ2n) is 8.45. The molecular weight excluding hydrogens is 575 g/mol. The average molecular weight is 608 g/mol. The van der Waals surface area contributed by atoms with Crippen LogP contribution in [0.25, 0.3) is 0 Å². The third-order valence-electron chi connectivity index (χ3n) is 6.15. The monoisotopic (exact) mass is 608 g/mol. The van der Waals surface area contributed by atoms with E-state index in [-0.39, 0.29) is 37.8 Å². The molecule has 36 heavy (non-hydrogen) atoms. The molecule has 8 nitrogen and oxygen atoms in total. The van der Waals surface area contributed by atoms with Gasteiger partial charge in [-0.05, 0) is 58.9 Å². The van der Waals surface area contributed by atoms with Crippen LogP contribution < -0.4 is 14.8 Å². The predicted octanol–water partition coefficient (Wildman–Crippen LogP) is 2.70. The highest BCUT2D eigenvalue weighted by molar-refractivity contribution is 14.1. The Kier molecular flexibility index (Phi) is 10.6. The highest BCUT2D eigenvalue weighted by Crippen LogP contribution is 2.30. The molecule has 3 N–H and O–H groups in total. The molecule has 0 saturated carbocycles. The van der Waals surface area contributed by atoms with Gasteiger partial charge in [0.15, 0.2) is 0 Å². The zero-order valence-electron chi connectivity index (χ0n) is 20.5. The van der Waals surface area contributed by atoms with Crippen molar-refractivity contribution in [3.05, 3.63) is 69.3 Å². The van der Waals surface area contributed by atoms with Crippen LogP contribution in [0.2, 0.25) is 0 Å². The number of para-hydroxylation sites is 2. The molecule has 3 rings (SSSR count). The molecule has 9 heteroatoms. The van der Waals surface area contributed by atoms with Gasteiger partial charge in [0.05, 0.1) is 23.3 Å². The van der Waals surface area contributed by atoms with Crippen LogP contribution in [-0.2, 0) is 16.0 Å². The Labute approximate surface area is 225 Å². The van der Waals surface area contributed by atoms with Crippen molar-refractivity contribution in [1.82, 2.24) is 10.2 Å². The van der Waals surface area contributed by atoms with Crippen LogP contribution in [0, 0.1) is 3.57 Å². The first-order chi connectivity index (χ1) is 17.4. The highest BCUT2D eigenvalue weighted by Gasteiger charge is 2.40. The summed E-state index contributed by atoms with van der Waals surface area (Å²) in [7, 11) is 1.60. The van der Waals surface area contributed by atoms with E-state index in [1.165, 1.54) is 0 Å². The van der Waals surface area contributed by atoms with Gasteiger partial charge in [-0.1, -0.05) is 37.3 Å². The van der Waals surface area contributed by atoms with Gasteiger partial charge in [0.2, 0.25) is 11.8 Å². The van der Waals surface area contributed by atoms with Crippen molar-refractivity contribution in [2.24, 2.45) is 0 Å². The zero-order valence-corrected chi connectivity index (χ0v) is 22.7. The van der Waals surface area contributed by atoms with Gasteiger partial charge in [-0.25, -0.2) is 0 Å². The Morgan fingerprint density at radius 1 is 1.14 bits per heavy atom. The first-order valence-electron chi connectivity index (χ1n) is 12.0. The van der Waals surface area contributed by atoms with E-state index in [0.717, 1.165) is 14.9 Å². The number of carbonyl (C=O) groups excluding carboxylic acids is 2. The average Bonchev–Trinajstić information content (AvgIpc) is 2.90. The lowest BCUT2D eigenvalue weighted by molar-refractivity contribution is -0.138. The molecule has 1 aliphatic rings. The van der Waals surface area contributed by atoms with Gasteiger partial charge >= 0.3 is 0 Å². The van der Waals surface area contributed by atoms with Gasteiger partial charge in [-0.2, -0.15) is 0 Å². The number of amides is 2. The Morgan fingerprint density at radius 3 is 2.50 bits per heavy atom. The Hall–Kier alpha value is -2.63. The quantitative estimate of drug-likeness (QED) is 0.339. The van der Waals surface area contributed by atoms with Crippen LogP contribution in [0.15, 0.2) is 60.2 Å². The van der Waals surface area contributed by atoms with Crippen LogP contribution in [0.5, 0.6) is 11.5 Å². The Bertz CT molecular complexity index is 1080. The number of ether oxygens (including phenoxy) is 2. The first-order valence-corrected chi connectivity index (χ1v) is 13.1. The van der Waals surface area contributed by atoms with E-state index in [2.05, 4.69) is 27.9 Å². The van der Waals surface area contributed by atoms with Gasteiger partial charge in [0, 0.05) is 31.5 Å². The maximum absolute atomic E-state index is 13.1. The van der Waals surface area contributed by atoms with Crippen LogP contribution in [0.1, 0.15) is 25.3 Å². The van der Waals surface area contributed by atoms with E-state index in [1.807, 2.05) is 42.5 Å². The summed E-state index contributed by atoms with van der Waals surface area (Å²) in [4.78, 5) is 27.6. The molecule has 0 unspecified atom stereocenters. The number of rotatable bonds is 11. The molecule has 0 aromatic heterocycles. The standard InChI is InChI=1S/C27H33IN2O6/c1-3-25(32)30(14-12-18-8-4-6-10-22(18)35-2)21-16-19(27(34)29-13-15-31)17-24(26(21)33)36-23-11-7-5-9-20(23)28/h4-11,17,21,24,26,31,33H,3,12-16H2,1-2H3,(H,29,34)/t21-,24+,26+/m1/s1. The number of benzene rings is 2. The topological polar surface area (TPSA) is 108 Å². The van der Waals surface area contributed by atoms with E-state index in [1.54, 1.807) is 31.1 Å². The lowest BCUT2D eigenvalue weighted by Crippen LogP contribution is -2.55. The molecule has 0 bridgehead atoms. The molecule has 2 aromatic rings. The summed E-state index contributed by atoms with van der Waals surface area (Å²) in [6, 6.07) is 14.4. The lowest BCUT2D eigenvalue weighted by Gasteiger charge is -2.40. The molecule has 0 aliphatic heterocycles. The number of hydrogen-bond acceptors (Lipinski definition) is 6. The molecule has 0 saturated heterocycles. The van der Waals surface area contributed by atoms with Gasteiger partial charge in [0.25, 0.3) is 0 Å². The van der Waals surface area contributed by atoms with E-state index >= 15 is 0 Å². The molecule has 3 atom stereocenters. The molecule has 2 amide bonds. The number of aliphatic hydroxyl groups is 2. The minimum atomic E-state index is -1.05. The molecular formula is C27H33IN2O6. The summed E-state index contributed by atoms with van der Waals surface area (Å²) in [6.45, 7) is 2.04. The molecule has 0 heterocycles. The third-order valence-corrected chi connectivity index (χ3v) is 7.04. The summed E-state index contributed by atoms with van der Waals surface area (Å²) < 4.78 is 12.5. The molecule has 0 spiro atoms. The second kappa shape index (κ2) is 13.6. The fourth-order valence-electron chi connectivity index (χ4n) is 4.30. The van der Waals surface area contributed by atoms with E-state index < -0.39 is 18.2 Å². The minimum Gasteiger partial charge on any atom is -0.496 e. The lowest BCUT2D eigenvalue weighted by atomic mass is 9.87. The maximum Gasteiger partial charge on any atom is 0.247 e. The summed E-state index contributed by atoms with van der Waals surface area (Å²) in [6.07, 6.45) is 0.675. The second-order valence-corrected chi connectivity index (χ2v) is 9.61. The third kappa shape index (κ3) is 6.98. The summed E-state index contributed by atoms with van der Waals surface area (Å²) in [5.74, 6) is 0.830. The molecule has 194 valence electrons. The van der Waals surface area contributed by atoms with Gasteiger partial charge in [0.1, 0.15) is 23.7 Å². The Morgan fingerprint density at radius 2 is 1.83 bits per heavy atom. The Balaban J connectivity index is 1.91. The predicted molar refractivity (Wildman–Crippen MR) is 145 cm³/mol. The van der Waals surface area contributed by atoms with Crippen molar-refractivity contribution in [3.8, 4) is 11.5 Å². The number of methoxy groups -OCH3 is 1. The van der Waals surface area contributed by atoms with Crippen molar-refractivity contribution < 1.29 is 29.3 Å². The van der Waals surface area contributed by atoms with Crippen LogP contribution in [-0.4, -0.2) is 72.0 Å². The number of carbonyl (C=O) groups is 2. The van der Waals surface area contributed by atoms with Gasteiger partial charge in [-0.3, -0.25) is 9.59 Å². The fourth-order valence-corrected chi connectivity index (χ4v) is 4.81. The number of halogens is 1. The minimum absolute atomic E-state index is 0.108. The smallest absolute Gasteiger partial charge is 0.247 e. The van der Waals surface area contributed by atoms with Crippen molar-refractivity contribution in [2.45, 2.75) is 44.4 Å². The number of nitrogens with one attached hydrogen (secondary N) is 1. The summed E-state index contributed by atoms with van der Waals surface area (Å²) >= 11 is 2.15. The van der Waals surface area contributed by atoms with Crippen molar-refractivity contribution in [1.29, 1.82) is 0 Å². The maximum atomic E-state index is 13.1. The number of hydrogen-bond donors (Lipinski definition) is 3.